The SMILES string of the molecule is CCCC(=O)N1CCc2nc(N)c(C#N)c(-c3cccn3-c3cccnc3)c2C1. The van der Waals surface area contributed by atoms with Gasteiger partial charge < -0.3 is 15.2 Å². The molecule has 0 aromatic carbocycles. The lowest BCUT2D eigenvalue weighted by molar-refractivity contribution is -0.132. The van der Waals surface area contributed by atoms with Crippen molar-refractivity contribution >= 4 is 11.7 Å². The molecule has 0 radical (unpaired) electrons. The molecule has 0 bridgehead atoms. The van der Waals surface area contributed by atoms with Gasteiger partial charge in [0.15, 0.2) is 0 Å². The number of pyridine rings is 2. The standard InChI is InChI=1S/C22H22N6O/c1-2-5-20(29)27-11-8-18-17(14-27)21(16(12-23)22(24)26-18)19-7-4-10-28(19)15-6-3-9-25-13-15/h3-4,6-7,9-10,13H,2,5,8,11,14H2,1H3,(H2,24,26). The predicted octanol–water partition coefficient (Wildman–Crippen LogP) is 3.07. The minimum Gasteiger partial charge on any atom is -0.383 e. The van der Waals surface area contributed by atoms with Crippen LogP contribution >= 0.6 is 0 Å². The van der Waals surface area contributed by atoms with Gasteiger partial charge >= 0.3 is 0 Å². The zero-order chi connectivity index (χ0) is 20.4. The number of nitrogen functional groups attached to an aromatic ring is 1. The van der Waals surface area contributed by atoms with E-state index in [1.807, 2.05) is 46.9 Å². The van der Waals surface area contributed by atoms with Crippen LogP contribution in [0.1, 0.15) is 36.6 Å². The maximum atomic E-state index is 12.5. The summed E-state index contributed by atoms with van der Waals surface area (Å²) in [5, 5.41) is 9.85. The van der Waals surface area contributed by atoms with Gasteiger partial charge in [-0.1, -0.05) is 6.92 Å². The molecule has 7 nitrogen and oxygen atoms in total. The second-order valence-corrected chi connectivity index (χ2v) is 7.07. The molecule has 1 amide bonds. The zero-order valence-corrected chi connectivity index (χ0v) is 16.3. The first-order valence-corrected chi connectivity index (χ1v) is 9.71. The Morgan fingerprint density at radius 3 is 2.93 bits per heavy atom. The van der Waals surface area contributed by atoms with Gasteiger partial charge in [0.25, 0.3) is 0 Å². The summed E-state index contributed by atoms with van der Waals surface area (Å²) in [5.41, 5.74) is 10.7. The predicted molar refractivity (Wildman–Crippen MR) is 110 cm³/mol. The fraction of sp³-hybridized carbons (Fsp3) is 0.273. The van der Waals surface area contributed by atoms with E-state index in [0.717, 1.165) is 34.6 Å². The van der Waals surface area contributed by atoms with E-state index < -0.39 is 0 Å². The number of anilines is 1. The molecule has 0 atom stereocenters. The molecule has 4 rings (SSSR count). The first-order valence-electron chi connectivity index (χ1n) is 9.71. The van der Waals surface area contributed by atoms with E-state index in [1.165, 1.54) is 0 Å². The highest BCUT2D eigenvalue weighted by Gasteiger charge is 2.28. The number of amides is 1. The van der Waals surface area contributed by atoms with Crippen LogP contribution in [-0.4, -0.2) is 31.9 Å². The molecule has 7 heteroatoms. The molecule has 146 valence electrons. The number of nitriles is 1. The Bertz CT molecular complexity index is 1100. The van der Waals surface area contributed by atoms with Crippen LogP contribution in [0.4, 0.5) is 5.82 Å². The van der Waals surface area contributed by atoms with Crippen molar-refractivity contribution in [3.63, 3.8) is 0 Å². The monoisotopic (exact) mass is 386 g/mol. The fourth-order valence-corrected chi connectivity index (χ4v) is 3.87. The number of rotatable bonds is 4. The molecule has 1 aliphatic rings. The van der Waals surface area contributed by atoms with Crippen molar-refractivity contribution < 1.29 is 4.79 Å². The fourth-order valence-electron chi connectivity index (χ4n) is 3.87. The van der Waals surface area contributed by atoms with E-state index in [2.05, 4.69) is 16.0 Å². The van der Waals surface area contributed by atoms with Crippen molar-refractivity contribution in [3.8, 4) is 23.0 Å². The molecule has 4 heterocycles. The summed E-state index contributed by atoms with van der Waals surface area (Å²) in [5.74, 6) is 0.357. The van der Waals surface area contributed by atoms with E-state index in [9.17, 15) is 10.1 Å². The molecule has 0 saturated heterocycles. The van der Waals surface area contributed by atoms with Crippen molar-refractivity contribution in [2.75, 3.05) is 12.3 Å². The van der Waals surface area contributed by atoms with Gasteiger partial charge in [0.1, 0.15) is 17.5 Å². The molecule has 29 heavy (non-hydrogen) atoms. The normalized spacial score (nSPS) is 13.0. The molecule has 0 fully saturated rings. The van der Waals surface area contributed by atoms with Crippen LogP contribution in [0, 0.1) is 11.3 Å². The van der Waals surface area contributed by atoms with Crippen molar-refractivity contribution in [1.82, 2.24) is 19.4 Å². The Morgan fingerprint density at radius 1 is 1.34 bits per heavy atom. The largest absolute Gasteiger partial charge is 0.383 e. The number of carbonyl (C=O) groups is 1. The van der Waals surface area contributed by atoms with Gasteiger partial charge in [-0.25, -0.2) is 4.98 Å². The van der Waals surface area contributed by atoms with Crippen LogP contribution < -0.4 is 5.73 Å². The molecule has 3 aromatic rings. The molecular weight excluding hydrogens is 364 g/mol. The number of carbonyl (C=O) groups excluding carboxylic acids is 1. The molecule has 0 saturated carbocycles. The Hall–Kier alpha value is -3.66. The van der Waals surface area contributed by atoms with E-state index in [4.69, 9.17) is 5.73 Å². The smallest absolute Gasteiger partial charge is 0.222 e. The van der Waals surface area contributed by atoms with Crippen molar-refractivity contribution in [2.24, 2.45) is 0 Å². The first kappa shape index (κ1) is 18.7. The second kappa shape index (κ2) is 7.76. The van der Waals surface area contributed by atoms with Crippen molar-refractivity contribution in [1.29, 1.82) is 5.26 Å². The van der Waals surface area contributed by atoms with Crippen molar-refractivity contribution in [2.45, 2.75) is 32.7 Å². The van der Waals surface area contributed by atoms with E-state index in [-0.39, 0.29) is 11.7 Å². The molecule has 1 aliphatic heterocycles. The third kappa shape index (κ3) is 3.34. The van der Waals surface area contributed by atoms with E-state index in [0.29, 0.717) is 31.5 Å². The Kier molecular flexibility index (Phi) is 5.00. The summed E-state index contributed by atoms with van der Waals surface area (Å²) in [4.78, 5) is 23.1. The average molecular weight is 386 g/mol. The second-order valence-electron chi connectivity index (χ2n) is 7.07. The Balaban J connectivity index is 1.89. The summed E-state index contributed by atoms with van der Waals surface area (Å²) in [7, 11) is 0. The van der Waals surface area contributed by atoms with Crippen LogP contribution in [0.3, 0.4) is 0 Å². The lowest BCUT2D eigenvalue weighted by atomic mass is 9.93. The van der Waals surface area contributed by atoms with Crippen LogP contribution in [0.2, 0.25) is 0 Å². The zero-order valence-electron chi connectivity index (χ0n) is 16.3. The lowest BCUT2D eigenvalue weighted by Crippen LogP contribution is -2.36. The molecule has 0 unspecified atom stereocenters. The summed E-state index contributed by atoms with van der Waals surface area (Å²) >= 11 is 0. The minimum absolute atomic E-state index is 0.127. The number of nitrogens with two attached hydrogens (primary N) is 1. The molecule has 0 aliphatic carbocycles. The van der Waals surface area contributed by atoms with Crippen molar-refractivity contribution in [3.05, 3.63) is 59.7 Å². The van der Waals surface area contributed by atoms with Crippen LogP contribution in [0.15, 0.2) is 42.9 Å². The highest BCUT2D eigenvalue weighted by molar-refractivity contribution is 5.81. The topological polar surface area (TPSA) is 101 Å². The third-order valence-corrected chi connectivity index (χ3v) is 5.24. The number of fused-ring (bicyclic) bond motifs is 1. The Labute approximate surface area is 169 Å². The van der Waals surface area contributed by atoms with Gasteiger partial charge in [-0.3, -0.25) is 9.78 Å². The highest BCUT2D eigenvalue weighted by atomic mass is 16.2. The van der Waals surface area contributed by atoms with Gasteiger partial charge in [-0.2, -0.15) is 5.26 Å². The number of hydrogen-bond acceptors (Lipinski definition) is 5. The minimum atomic E-state index is 0.127. The van der Waals surface area contributed by atoms with E-state index >= 15 is 0 Å². The molecule has 0 spiro atoms. The summed E-state index contributed by atoms with van der Waals surface area (Å²) in [6, 6.07) is 9.93. The Morgan fingerprint density at radius 2 is 2.21 bits per heavy atom. The van der Waals surface area contributed by atoms with Gasteiger partial charge in [0, 0.05) is 49.5 Å². The highest BCUT2D eigenvalue weighted by Crippen LogP contribution is 2.36. The maximum absolute atomic E-state index is 12.5. The summed E-state index contributed by atoms with van der Waals surface area (Å²) in [6.45, 7) is 3.05. The van der Waals surface area contributed by atoms with Gasteiger partial charge in [0.05, 0.1) is 23.3 Å². The first-order chi connectivity index (χ1) is 14.1. The van der Waals surface area contributed by atoms with Crippen LogP contribution in [-0.2, 0) is 17.8 Å². The number of aromatic nitrogens is 3. The molecular formula is C22H22N6O. The molecule has 3 aromatic heterocycles. The average Bonchev–Trinajstić information content (AvgIpc) is 3.22. The number of nitrogens with zero attached hydrogens (tertiary/aromatic N) is 5. The third-order valence-electron chi connectivity index (χ3n) is 5.24. The van der Waals surface area contributed by atoms with E-state index in [1.54, 1.807) is 12.4 Å². The van der Waals surface area contributed by atoms with Gasteiger partial charge in [-0.05, 0) is 30.7 Å². The lowest BCUT2D eigenvalue weighted by Gasteiger charge is -2.30. The number of hydrogen-bond donors (Lipinski definition) is 1. The molecule has 2 N–H and O–H groups in total. The maximum Gasteiger partial charge on any atom is 0.222 e. The summed E-state index contributed by atoms with van der Waals surface area (Å²) in [6.07, 6.45) is 7.37. The quantitative estimate of drug-likeness (QED) is 0.743. The van der Waals surface area contributed by atoms with Crippen LogP contribution in [0.5, 0.6) is 0 Å². The summed E-state index contributed by atoms with van der Waals surface area (Å²) < 4.78 is 1.98. The van der Waals surface area contributed by atoms with Gasteiger partial charge in [0.2, 0.25) is 5.91 Å². The van der Waals surface area contributed by atoms with Gasteiger partial charge in [-0.15, -0.1) is 0 Å². The van der Waals surface area contributed by atoms with Crippen LogP contribution in [0.25, 0.3) is 16.9 Å².